The Kier molecular flexibility index (Phi) is 4.10. The molecule has 0 amide bonds. The molecule has 5 nitrogen and oxygen atoms in total. The summed E-state index contributed by atoms with van der Waals surface area (Å²) in [5.74, 6) is 1.30. The molecule has 0 aliphatic heterocycles. The van der Waals surface area contributed by atoms with E-state index in [1.54, 1.807) is 0 Å². The fourth-order valence-corrected chi connectivity index (χ4v) is 2.17. The Bertz CT molecular complexity index is 729. The lowest BCUT2D eigenvalue weighted by atomic mass is 10.2. The predicted octanol–water partition coefficient (Wildman–Crippen LogP) is 4.16. The molecule has 23 heavy (non-hydrogen) atoms. The van der Waals surface area contributed by atoms with E-state index in [1.165, 1.54) is 5.56 Å². The molecule has 3 rings (SSSR count). The standard InChI is InChI=1S/C18H19N5/c1-12-3-7-15(8-4-12)21-17-11-13(2)20-18(23-17)22-16-9-5-14(19)6-10-16/h3-11H,19H2,1-2H3,(H2,20,21,22,23). The molecular formula is C18H19N5. The molecule has 0 saturated heterocycles. The van der Waals surface area contributed by atoms with E-state index < -0.39 is 0 Å². The highest BCUT2D eigenvalue weighted by atomic mass is 15.1. The van der Waals surface area contributed by atoms with Crippen LogP contribution < -0.4 is 16.4 Å². The summed E-state index contributed by atoms with van der Waals surface area (Å²) in [6, 6.07) is 17.6. The molecule has 3 aromatic rings. The quantitative estimate of drug-likeness (QED) is 0.631. The van der Waals surface area contributed by atoms with Gasteiger partial charge in [-0.15, -0.1) is 0 Å². The van der Waals surface area contributed by atoms with Crippen LogP contribution in [-0.4, -0.2) is 9.97 Å². The number of aryl methyl sites for hydroxylation is 2. The van der Waals surface area contributed by atoms with E-state index in [4.69, 9.17) is 5.73 Å². The summed E-state index contributed by atoms with van der Waals surface area (Å²) >= 11 is 0. The van der Waals surface area contributed by atoms with Gasteiger partial charge in [-0.2, -0.15) is 4.98 Å². The van der Waals surface area contributed by atoms with E-state index in [9.17, 15) is 0 Å². The molecule has 1 aromatic heterocycles. The van der Waals surface area contributed by atoms with Crippen LogP contribution in [0.4, 0.5) is 28.8 Å². The Hall–Kier alpha value is -3.08. The first-order valence-electron chi connectivity index (χ1n) is 7.40. The Labute approximate surface area is 135 Å². The average Bonchev–Trinajstić information content (AvgIpc) is 2.51. The van der Waals surface area contributed by atoms with Crippen molar-refractivity contribution in [2.24, 2.45) is 0 Å². The normalized spacial score (nSPS) is 10.3. The largest absolute Gasteiger partial charge is 0.399 e. The lowest BCUT2D eigenvalue weighted by Gasteiger charge is -2.10. The maximum absolute atomic E-state index is 5.70. The minimum absolute atomic E-state index is 0.546. The number of anilines is 5. The summed E-state index contributed by atoms with van der Waals surface area (Å²) < 4.78 is 0. The van der Waals surface area contributed by atoms with Gasteiger partial charge in [-0.3, -0.25) is 0 Å². The highest BCUT2D eigenvalue weighted by Gasteiger charge is 2.04. The molecule has 0 spiro atoms. The molecule has 4 N–H and O–H groups in total. The van der Waals surface area contributed by atoms with E-state index in [0.29, 0.717) is 5.95 Å². The van der Waals surface area contributed by atoms with Gasteiger partial charge in [0, 0.05) is 28.8 Å². The van der Waals surface area contributed by atoms with Crippen molar-refractivity contribution in [2.75, 3.05) is 16.4 Å². The lowest BCUT2D eigenvalue weighted by Crippen LogP contribution is -2.02. The van der Waals surface area contributed by atoms with Gasteiger partial charge in [0.15, 0.2) is 0 Å². The fourth-order valence-electron chi connectivity index (χ4n) is 2.17. The van der Waals surface area contributed by atoms with Crippen LogP contribution >= 0.6 is 0 Å². The van der Waals surface area contributed by atoms with Crippen LogP contribution in [0.3, 0.4) is 0 Å². The van der Waals surface area contributed by atoms with E-state index in [1.807, 2.05) is 49.4 Å². The molecule has 0 fully saturated rings. The second kappa shape index (κ2) is 6.36. The molecule has 1 heterocycles. The zero-order chi connectivity index (χ0) is 16.2. The third kappa shape index (κ3) is 3.97. The van der Waals surface area contributed by atoms with Crippen molar-refractivity contribution in [3.05, 3.63) is 65.9 Å². The summed E-state index contributed by atoms with van der Waals surface area (Å²) in [5, 5.41) is 6.49. The molecule has 0 aliphatic carbocycles. The summed E-state index contributed by atoms with van der Waals surface area (Å²) in [5.41, 5.74) is 10.4. The van der Waals surface area contributed by atoms with Crippen molar-refractivity contribution in [2.45, 2.75) is 13.8 Å². The van der Waals surface area contributed by atoms with Gasteiger partial charge in [0.25, 0.3) is 0 Å². The number of hydrogen-bond donors (Lipinski definition) is 3. The van der Waals surface area contributed by atoms with E-state index in [0.717, 1.165) is 28.6 Å². The Morgan fingerprint density at radius 2 is 1.39 bits per heavy atom. The van der Waals surface area contributed by atoms with Crippen LogP contribution in [0.2, 0.25) is 0 Å². The van der Waals surface area contributed by atoms with Gasteiger partial charge >= 0.3 is 0 Å². The van der Waals surface area contributed by atoms with Crippen LogP contribution in [0.25, 0.3) is 0 Å². The molecule has 0 aliphatic rings. The Morgan fingerprint density at radius 3 is 2.09 bits per heavy atom. The van der Waals surface area contributed by atoms with Gasteiger partial charge in [0.2, 0.25) is 5.95 Å². The highest BCUT2D eigenvalue weighted by Crippen LogP contribution is 2.20. The Morgan fingerprint density at radius 1 is 0.783 bits per heavy atom. The number of nitrogens with zero attached hydrogens (tertiary/aromatic N) is 2. The number of rotatable bonds is 4. The summed E-state index contributed by atoms with van der Waals surface area (Å²) in [6.45, 7) is 4.00. The number of hydrogen-bond acceptors (Lipinski definition) is 5. The second-order valence-electron chi connectivity index (χ2n) is 5.46. The maximum Gasteiger partial charge on any atom is 0.229 e. The Balaban J connectivity index is 1.81. The second-order valence-corrected chi connectivity index (χ2v) is 5.46. The van der Waals surface area contributed by atoms with Crippen molar-refractivity contribution in [1.82, 2.24) is 9.97 Å². The van der Waals surface area contributed by atoms with Crippen LogP contribution in [0, 0.1) is 13.8 Å². The summed E-state index contributed by atoms with van der Waals surface area (Å²) in [6.07, 6.45) is 0. The van der Waals surface area contributed by atoms with E-state index >= 15 is 0 Å². The van der Waals surface area contributed by atoms with Gasteiger partial charge < -0.3 is 16.4 Å². The molecular weight excluding hydrogens is 286 g/mol. The minimum Gasteiger partial charge on any atom is -0.399 e. The van der Waals surface area contributed by atoms with Gasteiger partial charge in [-0.25, -0.2) is 4.98 Å². The predicted molar refractivity (Wildman–Crippen MR) is 95.4 cm³/mol. The van der Waals surface area contributed by atoms with Crippen molar-refractivity contribution in [1.29, 1.82) is 0 Å². The average molecular weight is 305 g/mol. The molecule has 0 bridgehead atoms. The molecule has 0 unspecified atom stereocenters. The SMILES string of the molecule is Cc1ccc(Nc2cc(C)nc(Nc3ccc(N)cc3)n2)cc1. The number of nitrogen functional groups attached to an aromatic ring is 1. The monoisotopic (exact) mass is 305 g/mol. The minimum atomic E-state index is 0.546. The fraction of sp³-hybridized carbons (Fsp3) is 0.111. The number of aromatic nitrogens is 2. The third-order valence-electron chi connectivity index (χ3n) is 3.35. The smallest absolute Gasteiger partial charge is 0.229 e. The van der Waals surface area contributed by atoms with Crippen molar-refractivity contribution in [3.8, 4) is 0 Å². The van der Waals surface area contributed by atoms with E-state index in [2.05, 4.69) is 39.7 Å². The van der Waals surface area contributed by atoms with Crippen LogP contribution in [0.15, 0.2) is 54.6 Å². The van der Waals surface area contributed by atoms with Crippen molar-refractivity contribution in [3.63, 3.8) is 0 Å². The summed E-state index contributed by atoms with van der Waals surface area (Å²) in [4.78, 5) is 8.92. The van der Waals surface area contributed by atoms with Crippen molar-refractivity contribution >= 4 is 28.8 Å². The van der Waals surface area contributed by atoms with Gasteiger partial charge in [-0.1, -0.05) is 17.7 Å². The number of benzene rings is 2. The first-order valence-corrected chi connectivity index (χ1v) is 7.40. The third-order valence-corrected chi connectivity index (χ3v) is 3.35. The zero-order valence-corrected chi connectivity index (χ0v) is 13.2. The molecule has 5 heteroatoms. The van der Waals surface area contributed by atoms with E-state index in [-0.39, 0.29) is 0 Å². The lowest BCUT2D eigenvalue weighted by molar-refractivity contribution is 1.11. The number of nitrogens with two attached hydrogens (primary N) is 1. The van der Waals surface area contributed by atoms with Crippen LogP contribution in [0.5, 0.6) is 0 Å². The molecule has 0 atom stereocenters. The van der Waals surface area contributed by atoms with Crippen molar-refractivity contribution < 1.29 is 0 Å². The van der Waals surface area contributed by atoms with Crippen LogP contribution in [-0.2, 0) is 0 Å². The molecule has 0 saturated carbocycles. The summed E-state index contributed by atoms with van der Waals surface area (Å²) in [7, 11) is 0. The van der Waals surface area contributed by atoms with Gasteiger partial charge in [0.1, 0.15) is 5.82 Å². The topological polar surface area (TPSA) is 75.9 Å². The molecule has 116 valence electrons. The zero-order valence-electron chi connectivity index (χ0n) is 13.2. The van der Waals surface area contributed by atoms with Crippen LogP contribution in [0.1, 0.15) is 11.3 Å². The van der Waals surface area contributed by atoms with Gasteiger partial charge in [-0.05, 0) is 50.2 Å². The highest BCUT2D eigenvalue weighted by molar-refractivity contribution is 5.61. The van der Waals surface area contributed by atoms with Gasteiger partial charge in [0.05, 0.1) is 0 Å². The molecule has 2 aromatic carbocycles. The first kappa shape index (κ1) is 14.8. The molecule has 0 radical (unpaired) electrons. The first-order chi connectivity index (χ1) is 11.1. The number of nitrogens with one attached hydrogen (secondary N) is 2. The maximum atomic E-state index is 5.70.